The second kappa shape index (κ2) is 6.96. The number of ether oxygens (including phenoxy) is 2. The van der Waals surface area contributed by atoms with Crippen molar-refractivity contribution in [2.24, 2.45) is 11.7 Å². The zero-order valence-corrected chi connectivity index (χ0v) is 14.7. The molecule has 0 radical (unpaired) electrons. The van der Waals surface area contributed by atoms with Gasteiger partial charge in [-0.3, -0.25) is 4.79 Å². The number of hydrogen-bond acceptors (Lipinski definition) is 4. The highest BCUT2D eigenvalue weighted by molar-refractivity contribution is 5.82. The van der Waals surface area contributed by atoms with E-state index in [1.54, 1.807) is 0 Å². The molecular formula is C20H28N2O3. The molecule has 136 valence electrons. The van der Waals surface area contributed by atoms with Gasteiger partial charge in [0.2, 0.25) is 5.91 Å². The van der Waals surface area contributed by atoms with E-state index in [0.717, 1.165) is 43.4 Å². The number of para-hydroxylation sites is 1. The summed E-state index contributed by atoms with van der Waals surface area (Å²) >= 11 is 0. The van der Waals surface area contributed by atoms with Crippen molar-refractivity contribution in [3.63, 3.8) is 0 Å². The van der Waals surface area contributed by atoms with Crippen LogP contribution in [0.3, 0.4) is 0 Å². The molecule has 2 aliphatic heterocycles. The van der Waals surface area contributed by atoms with Gasteiger partial charge in [-0.2, -0.15) is 0 Å². The van der Waals surface area contributed by atoms with Crippen molar-refractivity contribution < 1.29 is 14.3 Å². The Balaban J connectivity index is 1.51. The summed E-state index contributed by atoms with van der Waals surface area (Å²) in [7, 11) is 0. The molecule has 2 unspecified atom stereocenters. The van der Waals surface area contributed by atoms with Crippen LogP contribution in [-0.2, 0) is 9.53 Å². The Bertz CT molecular complexity index is 621. The number of carbonyl (C=O) groups is 1. The van der Waals surface area contributed by atoms with Crippen LogP contribution >= 0.6 is 0 Å². The molecule has 1 saturated heterocycles. The van der Waals surface area contributed by atoms with Crippen LogP contribution in [-0.4, -0.2) is 30.8 Å². The summed E-state index contributed by atoms with van der Waals surface area (Å²) in [5.41, 5.74) is 7.24. The van der Waals surface area contributed by atoms with Crippen LogP contribution in [0, 0.1) is 5.92 Å². The topological polar surface area (TPSA) is 73.6 Å². The second-order valence-electron chi connectivity index (χ2n) is 7.77. The molecule has 2 fully saturated rings. The third kappa shape index (κ3) is 3.40. The van der Waals surface area contributed by atoms with Crippen LogP contribution in [0.4, 0.5) is 0 Å². The zero-order valence-electron chi connectivity index (χ0n) is 14.7. The van der Waals surface area contributed by atoms with Gasteiger partial charge in [0.05, 0.1) is 12.1 Å². The Labute approximate surface area is 149 Å². The van der Waals surface area contributed by atoms with Gasteiger partial charge in [-0.05, 0) is 50.5 Å². The minimum atomic E-state index is -0.460. The number of carbonyl (C=O) groups excluding carboxylic acids is 1. The highest BCUT2D eigenvalue weighted by Gasteiger charge is 2.43. The maximum absolute atomic E-state index is 12.8. The molecule has 2 heterocycles. The molecule has 1 spiro atoms. The van der Waals surface area contributed by atoms with E-state index in [1.807, 2.05) is 18.2 Å². The third-order valence-electron chi connectivity index (χ3n) is 6.10. The van der Waals surface area contributed by atoms with Crippen molar-refractivity contribution >= 4 is 5.91 Å². The third-order valence-corrected chi connectivity index (χ3v) is 6.10. The first kappa shape index (κ1) is 16.9. The lowest BCUT2D eigenvalue weighted by Gasteiger charge is -2.40. The number of hydrogen-bond donors (Lipinski definition) is 2. The first-order valence-electron chi connectivity index (χ1n) is 9.59. The number of fused-ring (bicyclic) bond motifs is 1. The predicted molar refractivity (Wildman–Crippen MR) is 95.3 cm³/mol. The molecule has 1 amide bonds. The smallest absolute Gasteiger partial charge is 0.237 e. The average Bonchev–Trinajstić information content (AvgIpc) is 3.09. The summed E-state index contributed by atoms with van der Waals surface area (Å²) in [5.74, 6) is 1.09. The largest absolute Gasteiger partial charge is 0.487 e. The molecule has 1 saturated carbocycles. The fraction of sp³-hybridized carbons (Fsp3) is 0.650. The number of amides is 1. The van der Waals surface area contributed by atoms with Gasteiger partial charge >= 0.3 is 0 Å². The van der Waals surface area contributed by atoms with E-state index in [1.165, 1.54) is 12.8 Å². The molecule has 25 heavy (non-hydrogen) atoms. The van der Waals surface area contributed by atoms with Crippen molar-refractivity contribution in [1.82, 2.24) is 5.32 Å². The molecule has 0 aromatic heterocycles. The lowest BCUT2D eigenvalue weighted by atomic mass is 9.85. The number of nitrogens with two attached hydrogens (primary N) is 1. The first-order chi connectivity index (χ1) is 12.2. The van der Waals surface area contributed by atoms with Crippen LogP contribution in [0.15, 0.2) is 24.3 Å². The van der Waals surface area contributed by atoms with Gasteiger partial charge in [0.25, 0.3) is 0 Å². The molecule has 5 heteroatoms. The van der Waals surface area contributed by atoms with E-state index >= 15 is 0 Å². The van der Waals surface area contributed by atoms with Gasteiger partial charge in [-0.1, -0.05) is 18.2 Å². The number of benzene rings is 1. The molecule has 1 aliphatic carbocycles. The second-order valence-corrected chi connectivity index (χ2v) is 7.77. The van der Waals surface area contributed by atoms with Crippen molar-refractivity contribution in [3.8, 4) is 5.75 Å². The van der Waals surface area contributed by atoms with Gasteiger partial charge in [0.15, 0.2) is 0 Å². The van der Waals surface area contributed by atoms with Crippen molar-refractivity contribution in [2.75, 3.05) is 13.2 Å². The lowest BCUT2D eigenvalue weighted by Crippen LogP contribution is -2.50. The summed E-state index contributed by atoms with van der Waals surface area (Å²) in [6.07, 6.45) is 7.11. The summed E-state index contributed by atoms with van der Waals surface area (Å²) in [5, 5.41) is 3.24. The standard InChI is InChI=1S/C20H28N2O3/c21-18(14-7-11-24-12-8-14)19(23)22-16-13-20(9-3-4-10-20)25-17-6-2-1-5-15(16)17/h1-2,5-6,14,16,18H,3-4,7-13,21H2,(H,22,23). The molecule has 4 rings (SSSR count). The van der Waals surface area contributed by atoms with E-state index in [-0.39, 0.29) is 23.5 Å². The van der Waals surface area contributed by atoms with Gasteiger partial charge < -0.3 is 20.5 Å². The van der Waals surface area contributed by atoms with Gasteiger partial charge in [0.1, 0.15) is 11.4 Å². The zero-order chi connectivity index (χ0) is 17.3. The van der Waals surface area contributed by atoms with Crippen LogP contribution in [0.5, 0.6) is 5.75 Å². The molecular weight excluding hydrogens is 316 g/mol. The highest BCUT2D eigenvalue weighted by atomic mass is 16.5. The van der Waals surface area contributed by atoms with Gasteiger partial charge in [0, 0.05) is 25.2 Å². The molecule has 3 aliphatic rings. The highest BCUT2D eigenvalue weighted by Crippen LogP contribution is 2.47. The predicted octanol–water partition coefficient (Wildman–Crippen LogP) is 2.69. The monoisotopic (exact) mass is 344 g/mol. The maximum Gasteiger partial charge on any atom is 0.237 e. The van der Waals surface area contributed by atoms with Crippen LogP contribution < -0.4 is 15.8 Å². The average molecular weight is 344 g/mol. The molecule has 1 aromatic rings. The summed E-state index contributed by atoms with van der Waals surface area (Å²) in [6.45, 7) is 1.41. The quantitative estimate of drug-likeness (QED) is 0.884. The Hall–Kier alpha value is -1.59. The number of rotatable bonds is 3. The van der Waals surface area contributed by atoms with E-state index in [2.05, 4.69) is 11.4 Å². The Morgan fingerprint density at radius 1 is 1.20 bits per heavy atom. The summed E-state index contributed by atoms with van der Waals surface area (Å²) in [6, 6.07) is 7.61. The van der Waals surface area contributed by atoms with E-state index < -0.39 is 6.04 Å². The van der Waals surface area contributed by atoms with Gasteiger partial charge in [-0.25, -0.2) is 0 Å². The van der Waals surface area contributed by atoms with Crippen LogP contribution in [0.2, 0.25) is 0 Å². The molecule has 5 nitrogen and oxygen atoms in total. The van der Waals surface area contributed by atoms with Crippen LogP contribution in [0.25, 0.3) is 0 Å². The first-order valence-corrected chi connectivity index (χ1v) is 9.59. The van der Waals surface area contributed by atoms with E-state index in [9.17, 15) is 4.79 Å². The number of nitrogens with one attached hydrogen (secondary N) is 1. The van der Waals surface area contributed by atoms with Crippen LogP contribution in [0.1, 0.15) is 56.6 Å². The van der Waals surface area contributed by atoms with Crippen molar-refractivity contribution in [2.45, 2.75) is 62.6 Å². The molecule has 1 aromatic carbocycles. The Kier molecular flexibility index (Phi) is 4.69. The normalized spacial score (nSPS) is 26.7. The minimum Gasteiger partial charge on any atom is -0.487 e. The molecule has 3 N–H and O–H groups in total. The van der Waals surface area contributed by atoms with Gasteiger partial charge in [-0.15, -0.1) is 0 Å². The van der Waals surface area contributed by atoms with E-state index in [4.69, 9.17) is 15.2 Å². The maximum atomic E-state index is 12.8. The Morgan fingerprint density at radius 2 is 1.92 bits per heavy atom. The lowest BCUT2D eigenvalue weighted by molar-refractivity contribution is -0.125. The summed E-state index contributed by atoms with van der Waals surface area (Å²) < 4.78 is 11.8. The van der Waals surface area contributed by atoms with Crippen molar-refractivity contribution in [3.05, 3.63) is 29.8 Å². The molecule has 0 bridgehead atoms. The van der Waals surface area contributed by atoms with Crippen molar-refractivity contribution in [1.29, 1.82) is 0 Å². The van der Waals surface area contributed by atoms with E-state index in [0.29, 0.717) is 13.2 Å². The fourth-order valence-electron chi connectivity index (χ4n) is 4.63. The SMILES string of the molecule is NC(C(=O)NC1CC2(CCCC2)Oc2ccccc21)C1CCOCC1. The minimum absolute atomic E-state index is 0.0126. The molecule has 2 atom stereocenters. The Morgan fingerprint density at radius 3 is 2.68 bits per heavy atom. The fourth-order valence-corrected chi connectivity index (χ4v) is 4.63. The summed E-state index contributed by atoms with van der Waals surface area (Å²) in [4.78, 5) is 12.8.